The largest absolute Gasteiger partial charge is 0.402 e. The number of aliphatic imine (C=N–C) groups is 1. The van der Waals surface area contributed by atoms with Crippen molar-refractivity contribution in [3.63, 3.8) is 0 Å². The van der Waals surface area contributed by atoms with Gasteiger partial charge in [0, 0.05) is 6.07 Å². The molecule has 0 aromatic carbocycles. The number of nitrogens with zero attached hydrogens (tertiary/aromatic N) is 1. The molecule has 0 aliphatic carbocycles. The molecule has 0 radical (unpaired) electrons. The molecule has 0 spiro atoms. The minimum Gasteiger partial charge on any atom is -0.402 e. The number of ether oxygens (including phenoxy) is 1. The highest BCUT2D eigenvalue weighted by Crippen LogP contribution is 2.05. The molecule has 0 saturated heterocycles. The fraction of sp³-hybridized carbons (Fsp3) is 0.143. The van der Waals surface area contributed by atoms with Crippen molar-refractivity contribution >= 4 is 11.9 Å². The van der Waals surface area contributed by atoms with Crippen LogP contribution < -0.4 is 0 Å². The average molecular weight is 149 g/mol. The summed E-state index contributed by atoms with van der Waals surface area (Å²) in [6.45, 7) is 0.0655. The molecule has 0 saturated carbocycles. The van der Waals surface area contributed by atoms with Crippen molar-refractivity contribution in [2.45, 2.75) is 0 Å². The molecule has 0 amide bonds. The molecular formula is C7H3NO3. The Labute approximate surface area is 62.5 Å². The Morgan fingerprint density at radius 2 is 2.55 bits per heavy atom. The first kappa shape index (κ1) is 5.98. The van der Waals surface area contributed by atoms with Crippen LogP contribution >= 0.6 is 0 Å². The topological polar surface area (TPSA) is 51.8 Å². The second-order valence-electron chi connectivity index (χ2n) is 1.95. The minimum atomic E-state index is -0.364. The highest BCUT2D eigenvalue weighted by atomic mass is 16.6. The Morgan fingerprint density at radius 3 is 3.09 bits per heavy atom. The molecule has 0 fully saturated rings. The summed E-state index contributed by atoms with van der Waals surface area (Å²) >= 11 is 0. The van der Waals surface area contributed by atoms with E-state index in [1.807, 2.05) is 0 Å². The van der Waals surface area contributed by atoms with E-state index in [2.05, 4.69) is 22.1 Å². The number of cyclic esters (lactones) is 1. The molecule has 1 aliphatic heterocycles. The van der Waals surface area contributed by atoms with Crippen molar-refractivity contribution in [2.75, 3.05) is 6.54 Å². The molecule has 0 bridgehead atoms. The highest BCUT2D eigenvalue weighted by Gasteiger charge is 2.19. The summed E-state index contributed by atoms with van der Waals surface area (Å²) in [6, 6.07) is 4.07. The Hall–Kier alpha value is -1.76. The van der Waals surface area contributed by atoms with Gasteiger partial charge in [0.2, 0.25) is 5.76 Å². The third-order valence-electron chi connectivity index (χ3n) is 1.20. The summed E-state index contributed by atoms with van der Waals surface area (Å²) in [4.78, 5) is 14.3. The molecular weight excluding hydrogens is 146 g/mol. The van der Waals surface area contributed by atoms with Gasteiger partial charge in [0.1, 0.15) is 12.8 Å². The van der Waals surface area contributed by atoms with Crippen LogP contribution in [0.5, 0.6) is 0 Å². The molecule has 11 heavy (non-hydrogen) atoms. The van der Waals surface area contributed by atoms with Crippen molar-refractivity contribution in [2.24, 2.45) is 4.99 Å². The fourth-order valence-electron chi connectivity index (χ4n) is 0.751. The average Bonchev–Trinajstić information content (AvgIpc) is 2.55. The molecule has 2 heterocycles. The molecule has 0 unspecified atom stereocenters. The van der Waals surface area contributed by atoms with Crippen molar-refractivity contribution < 1.29 is 13.9 Å². The van der Waals surface area contributed by atoms with Gasteiger partial charge in [0.25, 0.3) is 5.90 Å². The lowest BCUT2D eigenvalue weighted by molar-refractivity contribution is -0.132. The summed E-state index contributed by atoms with van der Waals surface area (Å²) in [5.74, 6) is 0.236. The molecule has 54 valence electrons. The van der Waals surface area contributed by atoms with Crippen LogP contribution in [0.4, 0.5) is 0 Å². The summed E-state index contributed by atoms with van der Waals surface area (Å²) in [7, 11) is 0. The molecule has 1 aliphatic rings. The molecule has 0 atom stereocenters. The van der Waals surface area contributed by atoms with Crippen LogP contribution in [0.3, 0.4) is 0 Å². The van der Waals surface area contributed by atoms with E-state index in [1.165, 1.54) is 6.07 Å². The quantitative estimate of drug-likeness (QED) is 0.535. The van der Waals surface area contributed by atoms with E-state index in [-0.39, 0.29) is 18.4 Å². The van der Waals surface area contributed by atoms with Gasteiger partial charge in [-0.3, -0.25) is 0 Å². The molecule has 4 heteroatoms. The van der Waals surface area contributed by atoms with Gasteiger partial charge in [-0.25, -0.2) is 9.79 Å². The maximum Gasteiger partial charge on any atom is 0.334 e. The molecule has 1 aromatic heterocycles. The van der Waals surface area contributed by atoms with Crippen molar-refractivity contribution in [3.8, 4) is 0 Å². The molecule has 4 nitrogen and oxygen atoms in total. The lowest BCUT2D eigenvalue weighted by Gasteiger charge is -1.91. The van der Waals surface area contributed by atoms with E-state index in [1.54, 1.807) is 0 Å². The van der Waals surface area contributed by atoms with Crippen molar-refractivity contribution in [1.29, 1.82) is 0 Å². The first-order chi connectivity index (χ1) is 5.36. The van der Waals surface area contributed by atoms with Crippen LogP contribution in [-0.4, -0.2) is 18.4 Å². The standard InChI is InChI=1S/C7H3NO3/c9-6-4-8-7(11-6)5-2-1-3-10-5/h2H,4H2. The van der Waals surface area contributed by atoms with E-state index in [0.29, 0.717) is 5.76 Å². The fourth-order valence-corrected chi connectivity index (χ4v) is 0.751. The van der Waals surface area contributed by atoms with Gasteiger partial charge < -0.3 is 9.15 Å². The van der Waals surface area contributed by atoms with Gasteiger partial charge in [-0.15, -0.1) is 0 Å². The van der Waals surface area contributed by atoms with Crippen LogP contribution in [0.15, 0.2) is 15.5 Å². The zero-order valence-corrected chi connectivity index (χ0v) is 5.46. The number of esters is 1. The molecule has 1 aromatic rings. The number of hydrogen-bond acceptors (Lipinski definition) is 4. The van der Waals surface area contributed by atoms with E-state index in [9.17, 15) is 4.79 Å². The Kier molecular flexibility index (Phi) is 1.16. The predicted molar refractivity (Wildman–Crippen MR) is 33.9 cm³/mol. The number of carbonyl (C=O) groups excluding carboxylic acids is 1. The zero-order chi connectivity index (χ0) is 7.68. The minimum absolute atomic E-state index is 0.0655. The van der Waals surface area contributed by atoms with Gasteiger partial charge in [-0.1, -0.05) is 0 Å². The Balaban J connectivity index is 2.26. The number of rotatable bonds is 1. The molecule has 2 rings (SSSR count). The van der Waals surface area contributed by atoms with Gasteiger partial charge in [0.05, 0.1) is 0 Å². The molecule has 0 N–H and O–H groups in total. The van der Waals surface area contributed by atoms with Gasteiger partial charge in [0.15, 0.2) is 0 Å². The number of carbonyl (C=O) groups is 1. The van der Waals surface area contributed by atoms with E-state index in [4.69, 9.17) is 4.42 Å². The first-order valence-electron chi connectivity index (χ1n) is 2.99. The number of hydrogen-bond donors (Lipinski definition) is 0. The Morgan fingerprint density at radius 1 is 1.64 bits per heavy atom. The van der Waals surface area contributed by atoms with E-state index < -0.39 is 0 Å². The lowest BCUT2D eigenvalue weighted by atomic mass is 10.5. The Bertz CT molecular complexity index is 299. The first-order valence-corrected chi connectivity index (χ1v) is 2.99. The van der Waals surface area contributed by atoms with Crippen LogP contribution in [-0.2, 0) is 9.53 Å². The van der Waals surface area contributed by atoms with Crippen LogP contribution in [0.2, 0.25) is 0 Å². The summed E-state index contributed by atoms with van der Waals surface area (Å²) in [5, 5.41) is 0. The lowest BCUT2D eigenvalue weighted by Crippen LogP contribution is -2.04. The predicted octanol–water partition coefficient (Wildman–Crippen LogP) is 0.183. The van der Waals surface area contributed by atoms with Crippen LogP contribution in [0.1, 0.15) is 5.76 Å². The van der Waals surface area contributed by atoms with Crippen LogP contribution in [0.25, 0.3) is 0 Å². The smallest absolute Gasteiger partial charge is 0.334 e. The second kappa shape index (κ2) is 2.13. The second-order valence-corrected chi connectivity index (χ2v) is 1.95. The maximum atomic E-state index is 10.5. The highest BCUT2D eigenvalue weighted by molar-refractivity contribution is 6.03. The normalized spacial score (nSPS) is 15.6. The van der Waals surface area contributed by atoms with Gasteiger partial charge >= 0.3 is 5.97 Å². The van der Waals surface area contributed by atoms with Crippen LogP contribution in [0, 0.1) is 12.3 Å². The zero-order valence-electron chi connectivity index (χ0n) is 5.46. The maximum absolute atomic E-state index is 10.5. The SMILES string of the molecule is O=C1CN=C(c2cc#co2)O1. The third kappa shape index (κ3) is 0.964. The van der Waals surface area contributed by atoms with Gasteiger partial charge in [-0.05, 0) is 6.07 Å². The summed E-state index contributed by atoms with van der Waals surface area (Å²) in [6.07, 6.45) is 2.35. The third-order valence-corrected chi connectivity index (χ3v) is 1.20. The van der Waals surface area contributed by atoms with E-state index >= 15 is 0 Å². The summed E-state index contributed by atoms with van der Waals surface area (Å²) < 4.78 is 9.46. The summed E-state index contributed by atoms with van der Waals surface area (Å²) in [5.41, 5.74) is 0. The van der Waals surface area contributed by atoms with Crippen molar-refractivity contribution in [3.05, 3.63) is 24.2 Å². The monoisotopic (exact) mass is 149 g/mol. The van der Waals surface area contributed by atoms with Gasteiger partial charge in [-0.2, -0.15) is 0 Å². The van der Waals surface area contributed by atoms with Crippen molar-refractivity contribution in [1.82, 2.24) is 0 Å². The van der Waals surface area contributed by atoms with E-state index in [0.717, 1.165) is 0 Å².